The number of fused-ring (bicyclic) bond motifs is 1. The molecule has 0 radical (unpaired) electrons. The van der Waals surface area contributed by atoms with Gasteiger partial charge in [-0.05, 0) is 49.1 Å². The van der Waals surface area contributed by atoms with Crippen LogP contribution in [0.25, 0.3) is 10.9 Å². The van der Waals surface area contributed by atoms with Crippen LogP contribution in [0.1, 0.15) is 26.2 Å². The number of aromatic nitrogens is 1. The number of anilines is 2. The van der Waals surface area contributed by atoms with Crippen LogP contribution in [0.2, 0.25) is 0 Å². The van der Waals surface area contributed by atoms with Crippen LogP contribution in [0.4, 0.5) is 11.5 Å². The Morgan fingerprint density at radius 1 is 1.22 bits per heavy atom. The van der Waals surface area contributed by atoms with E-state index in [0.29, 0.717) is 6.04 Å². The van der Waals surface area contributed by atoms with E-state index in [4.69, 9.17) is 5.73 Å². The molecular weight excluding hydrogens is 222 g/mol. The second-order valence-electron chi connectivity index (χ2n) is 5.31. The van der Waals surface area contributed by atoms with Gasteiger partial charge in [0.25, 0.3) is 0 Å². The van der Waals surface area contributed by atoms with Gasteiger partial charge in [0, 0.05) is 17.1 Å². The summed E-state index contributed by atoms with van der Waals surface area (Å²) in [6, 6.07) is 10.5. The van der Waals surface area contributed by atoms with E-state index in [2.05, 4.69) is 23.3 Å². The molecule has 0 saturated heterocycles. The molecule has 0 amide bonds. The summed E-state index contributed by atoms with van der Waals surface area (Å²) in [6.07, 6.45) is 3.90. The molecule has 0 spiro atoms. The zero-order valence-electron chi connectivity index (χ0n) is 10.7. The van der Waals surface area contributed by atoms with Gasteiger partial charge in [0.15, 0.2) is 0 Å². The summed E-state index contributed by atoms with van der Waals surface area (Å²) in [4.78, 5) is 4.65. The van der Waals surface area contributed by atoms with Crippen LogP contribution in [-0.2, 0) is 0 Å². The Hall–Kier alpha value is -1.77. The molecule has 2 unspecified atom stereocenters. The monoisotopic (exact) mass is 241 g/mol. The second-order valence-corrected chi connectivity index (χ2v) is 5.31. The van der Waals surface area contributed by atoms with E-state index in [1.165, 1.54) is 19.3 Å². The molecule has 1 fully saturated rings. The van der Waals surface area contributed by atoms with Crippen molar-refractivity contribution in [2.45, 2.75) is 32.2 Å². The minimum atomic E-state index is 0.573. The number of rotatable bonds is 2. The Bertz CT molecular complexity index is 565. The van der Waals surface area contributed by atoms with Crippen molar-refractivity contribution in [2.75, 3.05) is 11.1 Å². The SMILES string of the molecule is CC1CCCC1Nc1ccc2cc(N)ccc2n1. The highest BCUT2D eigenvalue weighted by Crippen LogP contribution is 2.28. The lowest BCUT2D eigenvalue weighted by Crippen LogP contribution is -2.22. The normalized spacial score (nSPS) is 23.4. The maximum atomic E-state index is 5.77. The molecule has 94 valence electrons. The van der Waals surface area contributed by atoms with E-state index in [1.54, 1.807) is 0 Å². The van der Waals surface area contributed by atoms with E-state index in [9.17, 15) is 0 Å². The molecule has 1 aliphatic rings. The van der Waals surface area contributed by atoms with Gasteiger partial charge >= 0.3 is 0 Å². The maximum absolute atomic E-state index is 5.77. The topological polar surface area (TPSA) is 50.9 Å². The standard InChI is InChI=1S/C15H19N3/c1-10-3-2-4-13(10)17-15-8-5-11-9-12(16)6-7-14(11)18-15/h5-10,13H,2-4,16H2,1H3,(H,17,18). The van der Waals surface area contributed by atoms with Gasteiger partial charge in [-0.25, -0.2) is 4.98 Å². The number of nitrogen functional groups attached to an aromatic ring is 1. The Labute approximate surface area is 107 Å². The van der Waals surface area contributed by atoms with Crippen LogP contribution in [-0.4, -0.2) is 11.0 Å². The van der Waals surface area contributed by atoms with Crippen molar-refractivity contribution in [3.8, 4) is 0 Å². The third-order valence-electron chi connectivity index (χ3n) is 3.91. The Kier molecular flexibility index (Phi) is 2.82. The first-order valence-electron chi connectivity index (χ1n) is 6.65. The lowest BCUT2D eigenvalue weighted by molar-refractivity contribution is 0.555. The molecule has 1 heterocycles. The van der Waals surface area contributed by atoms with E-state index in [0.717, 1.165) is 28.3 Å². The third-order valence-corrected chi connectivity index (χ3v) is 3.91. The number of nitrogens with one attached hydrogen (secondary N) is 1. The van der Waals surface area contributed by atoms with Crippen molar-refractivity contribution in [1.29, 1.82) is 0 Å². The largest absolute Gasteiger partial charge is 0.399 e. The first kappa shape index (κ1) is 11.3. The number of pyridine rings is 1. The zero-order chi connectivity index (χ0) is 12.5. The van der Waals surface area contributed by atoms with Gasteiger partial charge in [0.1, 0.15) is 5.82 Å². The average molecular weight is 241 g/mol. The predicted octanol–water partition coefficient (Wildman–Crippen LogP) is 3.42. The van der Waals surface area contributed by atoms with E-state index in [1.807, 2.05) is 24.3 Å². The number of benzene rings is 1. The fourth-order valence-corrected chi connectivity index (χ4v) is 2.77. The molecular formula is C15H19N3. The second kappa shape index (κ2) is 4.48. The van der Waals surface area contributed by atoms with Crippen LogP contribution >= 0.6 is 0 Å². The van der Waals surface area contributed by atoms with Crippen molar-refractivity contribution >= 4 is 22.4 Å². The van der Waals surface area contributed by atoms with E-state index in [-0.39, 0.29) is 0 Å². The summed E-state index contributed by atoms with van der Waals surface area (Å²) < 4.78 is 0. The van der Waals surface area contributed by atoms with Gasteiger partial charge in [-0.3, -0.25) is 0 Å². The number of nitrogens with two attached hydrogens (primary N) is 1. The van der Waals surface area contributed by atoms with Crippen molar-refractivity contribution in [3.05, 3.63) is 30.3 Å². The molecule has 1 aromatic carbocycles. The zero-order valence-corrected chi connectivity index (χ0v) is 10.7. The van der Waals surface area contributed by atoms with Crippen LogP contribution in [0, 0.1) is 5.92 Å². The van der Waals surface area contributed by atoms with Gasteiger partial charge in [0.2, 0.25) is 0 Å². The highest BCUT2D eigenvalue weighted by atomic mass is 15.0. The van der Waals surface area contributed by atoms with Crippen molar-refractivity contribution < 1.29 is 0 Å². The molecule has 18 heavy (non-hydrogen) atoms. The number of hydrogen-bond acceptors (Lipinski definition) is 3. The predicted molar refractivity (Wildman–Crippen MR) is 76.6 cm³/mol. The summed E-state index contributed by atoms with van der Waals surface area (Å²) in [5.41, 5.74) is 7.56. The smallest absolute Gasteiger partial charge is 0.126 e. The highest BCUT2D eigenvalue weighted by Gasteiger charge is 2.23. The Morgan fingerprint density at radius 2 is 2.11 bits per heavy atom. The highest BCUT2D eigenvalue weighted by molar-refractivity contribution is 5.83. The summed E-state index contributed by atoms with van der Waals surface area (Å²) in [5.74, 6) is 1.72. The van der Waals surface area contributed by atoms with Crippen LogP contribution in [0.3, 0.4) is 0 Å². The Morgan fingerprint density at radius 3 is 2.89 bits per heavy atom. The first-order valence-corrected chi connectivity index (χ1v) is 6.65. The van der Waals surface area contributed by atoms with E-state index < -0.39 is 0 Å². The van der Waals surface area contributed by atoms with Gasteiger partial charge in [-0.15, -0.1) is 0 Å². The lowest BCUT2D eigenvalue weighted by atomic mass is 10.1. The van der Waals surface area contributed by atoms with Gasteiger partial charge < -0.3 is 11.1 Å². The lowest BCUT2D eigenvalue weighted by Gasteiger charge is -2.18. The molecule has 3 N–H and O–H groups in total. The van der Waals surface area contributed by atoms with Crippen LogP contribution in [0.15, 0.2) is 30.3 Å². The Balaban J connectivity index is 1.86. The summed E-state index contributed by atoms with van der Waals surface area (Å²) in [5, 5.41) is 4.65. The fourth-order valence-electron chi connectivity index (χ4n) is 2.77. The van der Waals surface area contributed by atoms with Gasteiger partial charge in [-0.1, -0.05) is 13.3 Å². The molecule has 0 bridgehead atoms. The summed E-state index contributed by atoms with van der Waals surface area (Å²) >= 11 is 0. The number of hydrogen-bond donors (Lipinski definition) is 2. The quantitative estimate of drug-likeness (QED) is 0.792. The first-order chi connectivity index (χ1) is 8.72. The van der Waals surface area contributed by atoms with Gasteiger partial charge in [-0.2, -0.15) is 0 Å². The minimum absolute atomic E-state index is 0.573. The molecule has 3 nitrogen and oxygen atoms in total. The molecule has 1 aromatic heterocycles. The van der Waals surface area contributed by atoms with Gasteiger partial charge in [0.05, 0.1) is 5.52 Å². The summed E-state index contributed by atoms with van der Waals surface area (Å²) in [6.45, 7) is 2.31. The fraction of sp³-hybridized carbons (Fsp3) is 0.400. The molecule has 0 aliphatic heterocycles. The van der Waals surface area contributed by atoms with Crippen LogP contribution < -0.4 is 11.1 Å². The third kappa shape index (κ3) is 2.13. The molecule has 2 aromatic rings. The van der Waals surface area contributed by atoms with Crippen molar-refractivity contribution in [3.63, 3.8) is 0 Å². The average Bonchev–Trinajstić information content (AvgIpc) is 2.75. The molecule has 1 aliphatic carbocycles. The van der Waals surface area contributed by atoms with E-state index >= 15 is 0 Å². The van der Waals surface area contributed by atoms with Crippen molar-refractivity contribution in [1.82, 2.24) is 4.98 Å². The van der Waals surface area contributed by atoms with Crippen molar-refractivity contribution in [2.24, 2.45) is 5.92 Å². The maximum Gasteiger partial charge on any atom is 0.126 e. The summed E-state index contributed by atoms with van der Waals surface area (Å²) in [7, 11) is 0. The minimum Gasteiger partial charge on any atom is -0.399 e. The molecule has 3 heteroatoms. The molecule has 3 rings (SSSR count). The molecule has 2 atom stereocenters. The number of nitrogens with zero attached hydrogens (tertiary/aromatic N) is 1. The van der Waals surface area contributed by atoms with Crippen LogP contribution in [0.5, 0.6) is 0 Å². The molecule has 1 saturated carbocycles.